The van der Waals surface area contributed by atoms with Crippen molar-refractivity contribution in [1.82, 2.24) is 34.5 Å². The number of H-pyrrole nitrogens is 1. The van der Waals surface area contributed by atoms with E-state index in [4.69, 9.17) is 0 Å². The maximum atomic E-state index is 4.26. The third-order valence-corrected chi connectivity index (χ3v) is 7.15. The fraction of sp³-hybridized carbons (Fsp3) is 0.400. The fourth-order valence-electron chi connectivity index (χ4n) is 5.61. The number of likely N-dealkylation sites (tertiary alicyclic amines) is 2. The Morgan fingerprint density at radius 3 is 2.56 bits per heavy atom. The molecule has 1 aromatic carbocycles. The lowest BCUT2D eigenvalue weighted by Crippen LogP contribution is -2.29. The van der Waals surface area contributed by atoms with Crippen LogP contribution in [0.1, 0.15) is 17.5 Å². The minimum absolute atomic E-state index is 0.825. The molecule has 2 saturated heterocycles. The number of fused-ring (bicyclic) bond motifs is 2. The van der Waals surface area contributed by atoms with Crippen LogP contribution >= 0.6 is 0 Å². The number of rotatable bonds is 7. The Morgan fingerprint density at radius 2 is 1.78 bits per heavy atom. The molecule has 0 spiro atoms. The number of nitrogens with one attached hydrogen (secondary N) is 1. The van der Waals surface area contributed by atoms with E-state index in [-0.39, 0.29) is 0 Å². The smallest absolute Gasteiger partial charge is 0.123 e. The Balaban J connectivity index is 1.02. The molecule has 0 amide bonds. The first-order valence-corrected chi connectivity index (χ1v) is 11.6. The number of hydrogen-bond acceptors (Lipinski definition) is 5. The summed E-state index contributed by atoms with van der Waals surface area (Å²) in [6, 6.07) is 10.7. The van der Waals surface area contributed by atoms with Gasteiger partial charge in [-0.3, -0.25) is 14.5 Å². The van der Waals surface area contributed by atoms with Crippen LogP contribution in [0.5, 0.6) is 0 Å². The van der Waals surface area contributed by atoms with Crippen molar-refractivity contribution in [2.75, 3.05) is 32.7 Å². The molecule has 0 aliphatic carbocycles. The van der Waals surface area contributed by atoms with Crippen LogP contribution in [0.15, 0.2) is 61.6 Å². The summed E-state index contributed by atoms with van der Waals surface area (Å²) >= 11 is 0. The zero-order valence-corrected chi connectivity index (χ0v) is 18.3. The molecular weight excluding hydrogens is 398 g/mol. The lowest BCUT2D eigenvalue weighted by atomic mass is 10.0. The first kappa shape index (κ1) is 19.6. The van der Waals surface area contributed by atoms with E-state index >= 15 is 0 Å². The van der Waals surface area contributed by atoms with E-state index < -0.39 is 0 Å². The van der Waals surface area contributed by atoms with Crippen molar-refractivity contribution >= 4 is 10.9 Å². The summed E-state index contributed by atoms with van der Waals surface area (Å²) in [4.78, 5) is 13.0. The largest absolute Gasteiger partial charge is 0.361 e. The summed E-state index contributed by atoms with van der Waals surface area (Å²) in [6.07, 6.45) is 11.8. The molecule has 0 radical (unpaired) electrons. The van der Waals surface area contributed by atoms with Crippen LogP contribution in [0.2, 0.25) is 0 Å². The van der Waals surface area contributed by atoms with Crippen LogP contribution in [-0.4, -0.2) is 67.3 Å². The number of benzene rings is 1. The van der Waals surface area contributed by atoms with Crippen molar-refractivity contribution in [3.63, 3.8) is 0 Å². The van der Waals surface area contributed by atoms with Gasteiger partial charge in [-0.15, -0.1) is 10.2 Å². The first-order chi connectivity index (χ1) is 15.8. The minimum Gasteiger partial charge on any atom is -0.361 e. The molecule has 2 aliphatic heterocycles. The first-order valence-electron chi connectivity index (χ1n) is 11.6. The standard InChI is InChI=1S/C25H29N7/c1-3-19(10-26-7-1)12-31-15-21-13-30(14-22(21)16-31)8-2-4-20-11-27-25-6-5-23(9-24(20)25)32-17-28-29-18-32/h1,3,5-7,9-11,17-18,21-22,27H,2,4,8,12-16H2/t21-,22+. The molecule has 7 nitrogen and oxygen atoms in total. The van der Waals surface area contributed by atoms with E-state index in [1.54, 1.807) is 12.7 Å². The summed E-state index contributed by atoms with van der Waals surface area (Å²) in [5.74, 6) is 1.65. The normalized spacial score (nSPS) is 21.5. The number of hydrogen-bond donors (Lipinski definition) is 1. The van der Waals surface area contributed by atoms with Gasteiger partial charge in [0.1, 0.15) is 12.7 Å². The highest BCUT2D eigenvalue weighted by Gasteiger charge is 2.39. The summed E-state index contributed by atoms with van der Waals surface area (Å²) in [7, 11) is 0. The molecule has 3 aromatic heterocycles. The topological polar surface area (TPSA) is 65.9 Å². The van der Waals surface area contributed by atoms with Gasteiger partial charge in [0.25, 0.3) is 0 Å². The van der Waals surface area contributed by atoms with Gasteiger partial charge in [0, 0.05) is 67.9 Å². The number of pyridine rings is 1. The predicted octanol–water partition coefficient (Wildman–Crippen LogP) is 3.14. The Bertz CT molecular complexity index is 1150. The number of aromatic amines is 1. The zero-order valence-electron chi connectivity index (χ0n) is 18.3. The lowest BCUT2D eigenvalue weighted by Gasteiger charge is -2.21. The molecule has 0 bridgehead atoms. The van der Waals surface area contributed by atoms with E-state index in [0.717, 1.165) is 30.5 Å². The second kappa shape index (κ2) is 8.48. The van der Waals surface area contributed by atoms with Crippen LogP contribution < -0.4 is 0 Å². The number of aryl methyl sites for hydroxylation is 1. The van der Waals surface area contributed by atoms with E-state index in [2.05, 4.69) is 60.4 Å². The molecule has 2 fully saturated rings. The number of aromatic nitrogens is 5. The average molecular weight is 428 g/mol. The maximum Gasteiger partial charge on any atom is 0.123 e. The van der Waals surface area contributed by atoms with Crippen LogP contribution in [-0.2, 0) is 13.0 Å². The van der Waals surface area contributed by atoms with Gasteiger partial charge in [0.05, 0.1) is 0 Å². The van der Waals surface area contributed by atoms with Crippen molar-refractivity contribution in [1.29, 1.82) is 0 Å². The predicted molar refractivity (Wildman–Crippen MR) is 124 cm³/mol. The van der Waals surface area contributed by atoms with Gasteiger partial charge in [-0.2, -0.15) is 0 Å². The van der Waals surface area contributed by atoms with Crippen LogP contribution in [0.3, 0.4) is 0 Å². The summed E-state index contributed by atoms with van der Waals surface area (Å²) < 4.78 is 1.96. The van der Waals surface area contributed by atoms with Gasteiger partial charge in [-0.1, -0.05) is 6.07 Å². The second-order valence-electron chi connectivity index (χ2n) is 9.35. The molecule has 1 N–H and O–H groups in total. The van der Waals surface area contributed by atoms with Gasteiger partial charge in [-0.05, 0) is 66.6 Å². The molecule has 0 unspecified atom stereocenters. The molecule has 6 rings (SSSR count). The quantitative estimate of drug-likeness (QED) is 0.491. The molecule has 0 saturated carbocycles. The maximum absolute atomic E-state index is 4.26. The third kappa shape index (κ3) is 3.94. The van der Waals surface area contributed by atoms with Crippen LogP contribution in [0.25, 0.3) is 16.6 Å². The minimum atomic E-state index is 0.825. The monoisotopic (exact) mass is 427 g/mol. The van der Waals surface area contributed by atoms with Gasteiger partial charge in [0.2, 0.25) is 0 Å². The van der Waals surface area contributed by atoms with Crippen molar-refractivity contribution in [3.05, 3.63) is 72.7 Å². The van der Waals surface area contributed by atoms with Gasteiger partial charge >= 0.3 is 0 Å². The third-order valence-electron chi connectivity index (χ3n) is 7.15. The van der Waals surface area contributed by atoms with Gasteiger partial charge in [-0.25, -0.2) is 0 Å². The molecule has 5 heterocycles. The Kier molecular flexibility index (Phi) is 5.21. The second-order valence-corrected chi connectivity index (χ2v) is 9.35. The summed E-state index contributed by atoms with van der Waals surface area (Å²) in [5.41, 5.74) is 5.03. The van der Waals surface area contributed by atoms with E-state index in [1.165, 1.54) is 61.2 Å². The highest BCUT2D eigenvalue weighted by atomic mass is 15.2. The van der Waals surface area contributed by atoms with E-state index in [9.17, 15) is 0 Å². The van der Waals surface area contributed by atoms with Gasteiger partial charge in [0.15, 0.2) is 0 Å². The van der Waals surface area contributed by atoms with Crippen molar-refractivity contribution in [3.8, 4) is 5.69 Å². The molecule has 2 aliphatic rings. The van der Waals surface area contributed by atoms with Crippen LogP contribution in [0.4, 0.5) is 0 Å². The van der Waals surface area contributed by atoms with E-state index in [1.807, 2.05) is 23.0 Å². The SMILES string of the molecule is c1cncc(CN2C[C@H]3CN(CCCc4c[nH]c5ccc(-n6cnnc6)cc45)C[C@H]3C2)c1. The lowest BCUT2D eigenvalue weighted by molar-refractivity contribution is 0.249. The summed E-state index contributed by atoms with van der Waals surface area (Å²) in [6.45, 7) is 7.18. The summed E-state index contributed by atoms with van der Waals surface area (Å²) in [5, 5.41) is 9.16. The van der Waals surface area contributed by atoms with Gasteiger partial charge < -0.3 is 9.88 Å². The average Bonchev–Trinajstić information content (AvgIpc) is 3.59. The highest BCUT2D eigenvalue weighted by molar-refractivity contribution is 5.85. The molecule has 164 valence electrons. The molecule has 4 aromatic rings. The Labute approximate surface area is 188 Å². The molecule has 2 atom stereocenters. The molecule has 7 heteroatoms. The van der Waals surface area contributed by atoms with Crippen molar-refractivity contribution in [2.45, 2.75) is 19.4 Å². The molecule has 32 heavy (non-hydrogen) atoms. The van der Waals surface area contributed by atoms with E-state index in [0.29, 0.717) is 0 Å². The fourth-order valence-corrected chi connectivity index (χ4v) is 5.61. The van der Waals surface area contributed by atoms with Crippen molar-refractivity contribution in [2.24, 2.45) is 11.8 Å². The van der Waals surface area contributed by atoms with Crippen LogP contribution in [0, 0.1) is 11.8 Å². The van der Waals surface area contributed by atoms with Crippen molar-refractivity contribution < 1.29 is 0 Å². The zero-order chi connectivity index (χ0) is 21.3. The highest BCUT2D eigenvalue weighted by Crippen LogP contribution is 2.32. The Hall–Kier alpha value is -3.03. The molecular formula is C25H29N7. The Morgan fingerprint density at radius 1 is 0.969 bits per heavy atom. The number of nitrogens with zero attached hydrogens (tertiary/aromatic N) is 6.